The van der Waals surface area contributed by atoms with Crippen molar-refractivity contribution in [3.8, 4) is 0 Å². The first-order valence-electron chi connectivity index (χ1n) is 13.8. The van der Waals surface area contributed by atoms with Gasteiger partial charge in [0.2, 0.25) is 0 Å². The van der Waals surface area contributed by atoms with E-state index >= 15 is 0 Å². The minimum absolute atomic E-state index is 0.00435. The van der Waals surface area contributed by atoms with Crippen molar-refractivity contribution in [1.29, 1.82) is 0 Å². The van der Waals surface area contributed by atoms with Crippen LogP contribution in [-0.4, -0.2) is 72.1 Å². The molecule has 0 unspecified atom stereocenters. The molecule has 8 rings (SSSR count). The predicted molar refractivity (Wildman–Crippen MR) is 130 cm³/mol. The van der Waals surface area contributed by atoms with Crippen molar-refractivity contribution in [2.75, 3.05) is 20.2 Å². The average molecular weight is 496 g/mol. The molecule has 4 aliphatic carbocycles. The molecule has 9 bridgehead atoms. The quantitative estimate of drug-likeness (QED) is 0.643. The molecule has 7 nitrogen and oxygen atoms in total. The highest BCUT2D eigenvalue weighted by molar-refractivity contribution is 5.89. The van der Waals surface area contributed by atoms with Gasteiger partial charge in [-0.1, -0.05) is 32.0 Å². The molecule has 4 saturated carbocycles. The van der Waals surface area contributed by atoms with Crippen molar-refractivity contribution in [3.05, 3.63) is 35.9 Å². The molecule has 7 heteroatoms. The number of hydrogen-bond acceptors (Lipinski definition) is 7. The molecule has 3 saturated heterocycles. The number of nitrogens with zero attached hydrogens (tertiary/aromatic N) is 1. The van der Waals surface area contributed by atoms with E-state index in [1.807, 2.05) is 18.2 Å². The first-order valence-corrected chi connectivity index (χ1v) is 13.8. The summed E-state index contributed by atoms with van der Waals surface area (Å²) in [6, 6.07) is 9.13. The summed E-state index contributed by atoms with van der Waals surface area (Å²) in [4.78, 5) is 29.6. The molecule has 0 aromatic heterocycles. The van der Waals surface area contributed by atoms with Gasteiger partial charge in [-0.15, -0.1) is 0 Å². The highest BCUT2D eigenvalue weighted by Crippen LogP contribution is 2.77. The molecule has 1 aromatic rings. The summed E-state index contributed by atoms with van der Waals surface area (Å²) < 4.78 is 18.7. The van der Waals surface area contributed by atoms with Gasteiger partial charge < -0.3 is 19.3 Å². The standard InChI is InChI=1S/C29H37NO6/c1-4-30-15-27(2)12-11-19(34-3)29-18-14-17-10-13-28(33,20(18)26(32)35-17)21(24(29)30)22(23(27)29)36-25(31)16-8-6-5-7-9-16/h5-9,17-24,33H,4,10-15H2,1-3H3/t17-,18+,19-,20+,21-,22+,23+,24+,27-,28+,29+/m0/s1. The number of esters is 2. The summed E-state index contributed by atoms with van der Waals surface area (Å²) in [6.07, 6.45) is 3.10. The van der Waals surface area contributed by atoms with Crippen molar-refractivity contribution in [2.45, 2.75) is 75.9 Å². The predicted octanol–water partition coefficient (Wildman–Crippen LogP) is 3.05. The first-order chi connectivity index (χ1) is 17.3. The van der Waals surface area contributed by atoms with Gasteiger partial charge in [-0.3, -0.25) is 9.69 Å². The van der Waals surface area contributed by atoms with E-state index in [9.17, 15) is 14.7 Å². The number of hydrogen-bond donors (Lipinski definition) is 1. The number of fused-ring (bicyclic) bond motifs is 2. The van der Waals surface area contributed by atoms with Gasteiger partial charge in [0.15, 0.2) is 0 Å². The van der Waals surface area contributed by atoms with Crippen molar-refractivity contribution in [3.63, 3.8) is 0 Å². The van der Waals surface area contributed by atoms with Crippen LogP contribution >= 0.6 is 0 Å². The Hall–Kier alpha value is -1.96. The molecule has 3 aliphatic heterocycles. The van der Waals surface area contributed by atoms with Crippen LogP contribution in [0.2, 0.25) is 0 Å². The summed E-state index contributed by atoms with van der Waals surface area (Å²) in [6.45, 7) is 6.29. The lowest BCUT2D eigenvalue weighted by Gasteiger charge is -2.69. The molecule has 0 radical (unpaired) electrons. The van der Waals surface area contributed by atoms with Crippen LogP contribution in [0.5, 0.6) is 0 Å². The van der Waals surface area contributed by atoms with E-state index in [-0.39, 0.29) is 58.8 Å². The van der Waals surface area contributed by atoms with Crippen LogP contribution in [0.3, 0.4) is 0 Å². The van der Waals surface area contributed by atoms with Gasteiger partial charge in [-0.05, 0) is 62.1 Å². The minimum Gasteiger partial charge on any atom is -0.462 e. The van der Waals surface area contributed by atoms with Crippen LogP contribution in [-0.2, 0) is 19.0 Å². The molecule has 1 N–H and O–H groups in total. The second kappa shape index (κ2) is 7.55. The summed E-state index contributed by atoms with van der Waals surface area (Å²) >= 11 is 0. The average Bonchev–Trinajstić information content (AvgIpc) is 2.92. The molecule has 11 atom stereocenters. The highest BCUT2D eigenvalue weighted by atomic mass is 16.6. The van der Waals surface area contributed by atoms with Crippen LogP contribution in [0.4, 0.5) is 0 Å². The molecule has 3 heterocycles. The second-order valence-electron chi connectivity index (χ2n) is 12.6. The zero-order chi connectivity index (χ0) is 25.0. The first kappa shape index (κ1) is 23.2. The van der Waals surface area contributed by atoms with Crippen molar-refractivity contribution in [2.24, 2.45) is 34.5 Å². The van der Waals surface area contributed by atoms with E-state index in [0.717, 1.165) is 32.4 Å². The zero-order valence-electron chi connectivity index (χ0n) is 21.4. The maximum Gasteiger partial charge on any atom is 0.338 e. The van der Waals surface area contributed by atoms with E-state index in [1.165, 1.54) is 0 Å². The number of ether oxygens (including phenoxy) is 3. The lowest BCUT2D eigenvalue weighted by atomic mass is 9.42. The molecule has 0 amide bonds. The lowest BCUT2D eigenvalue weighted by molar-refractivity contribution is -0.269. The van der Waals surface area contributed by atoms with E-state index in [1.54, 1.807) is 19.2 Å². The Morgan fingerprint density at radius 3 is 2.72 bits per heavy atom. The Morgan fingerprint density at radius 1 is 1.22 bits per heavy atom. The maximum absolute atomic E-state index is 13.5. The van der Waals surface area contributed by atoms with Crippen LogP contribution in [0.25, 0.3) is 0 Å². The van der Waals surface area contributed by atoms with Crippen molar-refractivity contribution >= 4 is 11.9 Å². The minimum atomic E-state index is -1.27. The maximum atomic E-state index is 13.5. The van der Waals surface area contributed by atoms with E-state index in [0.29, 0.717) is 18.4 Å². The Labute approximate surface area is 212 Å². The van der Waals surface area contributed by atoms with Crippen LogP contribution in [0, 0.1) is 34.5 Å². The summed E-state index contributed by atoms with van der Waals surface area (Å²) in [5.74, 6) is -1.62. The smallest absolute Gasteiger partial charge is 0.338 e. The Bertz CT molecular complexity index is 1090. The Morgan fingerprint density at radius 2 is 2.00 bits per heavy atom. The van der Waals surface area contributed by atoms with Crippen LogP contribution in [0.1, 0.15) is 56.3 Å². The van der Waals surface area contributed by atoms with Crippen molar-refractivity contribution in [1.82, 2.24) is 4.90 Å². The van der Waals surface area contributed by atoms with Crippen LogP contribution in [0.15, 0.2) is 30.3 Å². The summed E-state index contributed by atoms with van der Waals surface area (Å²) in [7, 11) is 1.79. The van der Waals surface area contributed by atoms with E-state index in [2.05, 4.69) is 18.7 Å². The zero-order valence-corrected chi connectivity index (χ0v) is 21.4. The molecule has 7 aliphatic rings. The fraction of sp³-hybridized carbons (Fsp3) is 0.724. The van der Waals surface area contributed by atoms with Gasteiger partial charge in [0.05, 0.1) is 23.2 Å². The SMILES string of the molecule is CCN1C[C@]2(C)CC[C@H](OC)[C@]34[C@@H]5C[C@@H]6CC[C@](O)([C@@H]([C@@H](OC(=O)c7ccccc7)[C@H]23)[C@@H]14)[C@H]5C(=O)O6. The molecular formula is C29H37NO6. The largest absolute Gasteiger partial charge is 0.462 e. The molecule has 194 valence electrons. The third-order valence-electron chi connectivity index (χ3n) is 11.3. The van der Waals surface area contributed by atoms with Gasteiger partial charge >= 0.3 is 11.9 Å². The van der Waals surface area contributed by atoms with E-state index < -0.39 is 17.6 Å². The van der Waals surface area contributed by atoms with Gasteiger partial charge in [-0.2, -0.15) is 0 Å². The van der Waals surface area contributed by atoms with Crippen LogP contribution < -0.4 is 0 Å². The normalized spacial score (nSPS) is 50.4. The molecule has 7 fully saturated rings. The fourth-order valence-electron chi connectivity index (χ4n) is 10.5. The number of methoxy groups -OCH3 is 1. The third-order valence-corrected chi connectivity index (χ3v) is 11.3. The van der Waals surface area contributed by atoms with Gasteiger partial charge in [0.25, 0.3) is 0 Å². The Kier molecular flexibility index (Phi) is 4.86. The monoisotopic (exact) mass is 495 g/mol. The Balaban J connectivity index is 1.46. The lowest BCUT2D eigenvalue weighted by Crippen LogP contribution is -2.76. The molecule has 1 aromatic carbocycles. The second-order valence-corrected chi connectivity index (χ2v) is 12.6. The van der Waals surface area contributed by atoms with Gasteiger partial charge in [0.1, 0.15) is 12.2 Å². The molecule has 36 heavy (non-hydrogen) atoms. The number of rotatable bonds is 4. The number of carbonyl (C=O) groups excluding carboxylic acids is 2. The molecule has 1 spiro atoms. The number of carbonyl (C=O) groups is 2. The fourth-order valence-corrected chi connectivity index (χ4v) is 10.5. The highest BCUT2D eigenvalue weighted by Gasteiger charge is 2.85. The van der Waals surface area contributed by atoms with Crippen molar-refractivity contribution < 1.29 is 28.9 Å². The summed E-state index contributed by atoms with van der Waals surface area (Å²) in [5.41, 5.74) is -1.23. The summed E-state index contributed by atoms with van der Waals surface area (Å²) in [5, 5.41) is 12.6. The molecular weight excluding hydrogens is 458 g/mol. The van der Waals surface area contributed by atoms with Gasteiger partial charge in [0, 0.05) is 36.9 Å². The number of likely N-dealkylation sites (tertiary alicyclic amines) is 1. The van der Waals surface area contributed by atoms with Gasteiger partial charge in [-0.25, -0.2) is 4.79 Å². The topological polar surface area (TPSA) is 85.3 Å². The number of aliphatic hydroxyl groups is 1. The number of piperidine rings is 1. The third kappa shape index (κ3) is 2.60. The van der Waals surface area contributed by atoms with E-state index in [4.69, 9.17) is 14.2 Å². The number of benzene rings is 1.